The average molecular weight is 291 g/mol. The standard InChI is InChI=1S/C11H8F3NO3S/c1-17-8-4-7(10(16)18-2)9(3-6(8)5-15)19-11(12,13)14/h3-4H,1-2H3. The highest BCUT2D eigenvalue weighted by molar-refractivity contribution is 8.00. The summed E-state index contributed by atoms with van der Waals surface area (Å²) in [7, 11) is 2.29. The molecule has 0 saturated carbocycles. The number of benzene rings is 1. The molecule has 0 atom stereocenters. The molecule has 1 aromatic rings. The minimum absolute atomic E-state index is 0.00873. The molecule has 0 aliphatic carbocycles. The number of nitrogens with zero attached hydrogens (tertiary/aromatic N) is 1. The van der Waals surface area contributed by atoms with Crippen LogP contribution in [-0.2, 0) is 4.74 Å². The van der Waals surface area contributed by atoms with Gasteiger partial charge in [-0.2, -0.15) is 18.4 Å². The van der Waals surface area contributed by atoms with Gasteiger partial charge < -0.3 is 9.47 Å². The number of hydrogen-bond donors (Lipinski definition) is 0. The van der Waals surface area contributed by atoms with E-state index in [1.165, 1.54) is 7.11 Å². The molecule has 102 valence electrons. The summed E-state index contributed by atoms with van der Waals surface area (Å²) in [6.07, 6.45) is 0. The van der Waals surface area contributed by atoms with Gasteiger partial charge in [0.25, 0.3) is 0 Å². The molecule has 4 nitrogen and oxygen atoms in total. The Morgan fingerprint density at radius 3 is 2.42 bits per heavy atom. The number of methoxy groups -OCH3 is 2. The molecule has 0 aromatic heterocycles. The Labute approximate surface area is 111 Å². The summed E-state index contributed by atoms with van der Waals surface area (Å²) in [6.45, 7) is 0. The number of ether oxygens (including phenoxy) is 2. The highest BCUT2D eigenvalue weighted by Crippen LogP contribution is 2.40. The summed E-state index contributed by atoms with van der Waals surface area (Å²) in [4.78, 5) is 11.0. The lowest BCUT2D eigenvalue weighted by atomic mass is 10.1. The number of halogens is 3. The number of esters is 1. The van der Waals surface area contributed by atoms with Crippen molar-refractivity contribution in [2.75, 3.05) is 14.2 Å². The Morgan fingerprint density at radius 2 is 2.00 bits per heavy atom. The van der Waals surface area contributed by atoms with E-state index in [4.69, 9.17) is 10.00 Å². The van der Waals surface area contributed by atoms with Gasteiger partial charge in [-0.05, 0) is 23.9 Å². The first kappa shape index (κ1) is 15.2. The lowest BCUT2D eigenvalue weighted by Crippen LogP contribution is -2.08. The van der Waals surface area contributed by atoms with Crippen LogP contribution >= 0.6 is 11.8 Å². The molecule has 0 heterocycles. The van der Waals surface area contributed by atoms with Crippen LogP contribution in [0.3, 0.4) is 0 Å². The van der Waals surface area contributed by atoms with Gasteiger partial charge in [-0.3, -0.25) is 0 Å². The van der Waals surface area contributed by atoms with E-state index in [0.29, 0.717) is 0 Å². The predicted octanol–water partition coefficient (Wildman–Crippen LogP) is 2.97. The molecule has 0 aliphatic heterocycles. The molecule has 1 aromatic carbocycles. The summed E-state index contributed by atoms with van der Waals surface area (Å²) in [5.41, 5.74) is -4.98. The van der Waals surface area contributed by atoms with Crippen LogP contribution < -0.4 is 4.74 Å². The lowest BCUT2D eigenvalue weighted by molar-refractivity contribution is -0.0328. The molecule has 0 aliphatic rings. The van der Waals surface area contributed by atoms with Crippen LogP contribution in [0.4, 0.5) is 13.2 Å². The van der Waals surface area contributed by atoms with Gasteiger partial charge in [-0.25, -0.2) is 4.79 Å². The molecule has 0 fully saturated rings. The van der Waals surface area contributed by atoms with Crippen LogP contribution in [0.25, 0.3) is 0 Å². The van der Waals surface area contributed by atoms with Gasteiger partial charge in [0.15, 0.2) is 0 Å². The Kier molecular flexibility index (Phi) is 4.67. The van der Waals surface area contributed by atoms with Gasteiger partial charge in [-0.1, -0.05) is 0 Å². The first-order valence-corrected chi connectivity index (χ1v) is 5.60. The van der Waals surface area contributed by atoms with Gasteiger partial charge in [0.05, 0.1) is 25.3 Å². The maximum absolute atomic E-state index is 12.4. The van der Waals surface area contributed by atoms with Crippen molar-refractivity contribution in [1.82, 2.24) is 0 Å². The van der Waals surface area contributed by atoms with Gasteiger partial charge in [-0.15, -0.1) is 0 Å². The van der Waals surface area contributed by atoms with Crippen molar-refractivity contribution < 1.29 is 27.4 Å². The minimum atomic E-state index is -4.58. The first-order chi connectivity index (χ1) is 8.82. The topological polar surface area (TPSA) is 59.3 Å². The third-order valence-corrected chi connectivity index (χ3v) is 2.84. The SMILES string of the molecule is COC(=O)c1cc(OC)c(C#N)cc1SC(F)(F)F. The summed E-state index contributed by atoms with van der Waals surface area (Å²) >= 11 is -0.488. The van der Waals surface area contributed by atoms with E-state index in [1.54, 1.807) is 6.07 Å². The fraction of sp³-hybridized carbons (Fsp3) is 0.273. The smallest absolute Gasteiger partial charge is 0.446 e. The monoisotopic (exact) mass is 291 g/mol. The number of carbonyl (C=O) groups excluding carboxylic acids is 1. The number of hydrogen-bond acceptors (Lipinski definition) is 5. The van der Waals surface area contributed by atoms with Crippen LogP contribution in [0.15, 0.2) is 17.0 Å². The van der Waals surface area contributed by atoms with Crippen molar-refractivity contribution >= 4 is 17.7 Å². The van der Waals surface area contributed by atoms with Crippen molar-refractivity contribution in [3.63, 3.8) is 0 Å². The molecule has 1 rings (SSSR count). The maximum Gasteiger partial charge on any atom is 0.446 e. The quantitative estimate of drug-likeness (QED) is 0.633. The van der Waals surface area contributed by atoms with Crippen LogP contribution in [0.5, 0.6) is 5.75 Å². The molecule has 19 heavy (non-hydrogen) atoms. The second kappa shape index (κ2) is 5.84. The van der Waals surface area contributed by atoms with Crippen LogP contribution in [-0.4, -0.2) is 25.7 Å². The fourth-order valence-electron chi connectivity index (χ4n) is 1.29. The molecular weight excluding hydrogens is 283 g/mol. The van der Waals surface area contributed by atoms with Crippen LogP contribution in [0.2, 0.25) is 0 Å². The Hall–Kier alpha value is -1.88. The van der Waals surface area contributed by atoms with E-state index in [0.717, 1.165) is 19.2 Å². The van der Waals surface area contributed by atoms with Gasteiger partial charge in [0.1, 0.15) is 11.8 Å². The summed E-state index contributed by atoms with van der Waals surface area (Å²) in [6, 6.07) is 3.70. The number of nitriles is 1. The molecule has 0 saturated heterocycles. The van der Waals surface area contributed by atoms with Crippen molar-refractivity contribution in [3.05, 3.63) is 23.3 Å². The van der Waals surface area contributed by atoms with Gasteiger partial charge in [0.2, 0.25) is 0 Å². The first-order valence-electron chi connectivity index (χ1n) is 4.78. The summed E-state index contributed by atoms with van der Waals surface area (Å²) in [5.74, 6) is -0.927. The Morgan fingerprint density at radius 1 is 1.37 bits per heavy atom. The van der Waals surface area contributed by atoms with E-state index >= 15 is 0 Å². The summed E-state index contributed by atoms with van der Waals surface area (Å²) in [5, 5.41) is 8.82. The van der Waals surface area contributed by atoms with E-state index in [1.807, 2.05) is 0 Å². The largest absolute Gasteiger partial charge is 0.495 e. The normalized spacial score (nSPS) is 10.7. The van der Waals surface area contributed by atoms with Crippen molar-refractivity contribution in [2.45, 2.75) is 10.4 Å². The molecule has 0 radical (unpaired) electrons. The number of carbonyl (C=O) groups is 1. The number of thioether (sulfide) groups is 1. The van der Waals surface area contributed by atoms with Crippen molar-refractivity contribution in [3.8, 4) is 11.8 Å². The van der Waals surface area contributed by atoms with E-state index in [2.05, 4.69) is 4.74 Å². The molecule has 0 spiro atoms. The second-order valence-electron chi connectivity index (χ2n) is 3.20. The number of alkyl halides is 3. The molecule has 0 amide bonds. The third-order valence-electron chi connectivity index (χ3n) is 2.05. The highest BCUT2D eigenvalue weighted by Gasteiger charge is 2.32. The molecule has 8 heteroatoms. The van der Waals surface area contributed by atoms with Gasteiger partial charge in [0, 0.05) is 4.90 Å². The zero-order chi connectivity index (χ0) is 14.6. The Balaban J connectivity index is 3.41. The fourth-order valence-corrected chi connectivity index (χ4v) is 1.97. The van der Waals surface area contributed by atoms with Crippen LogP contribution in [0, 0.1) is 11.3 Å². The summed E-state index contributed by atoms with van der Waals surface area (Å²) < 4.78 is 46.5. The molecular formula is C11H8F3NO3S. The van der Waals surface area contributed by atoms with E-state index in [-0.39, 0.29) is 16.9 Å². The lowest BCUT2D eigenvalue weighted by Gasteiger charge is -2.12. The zero-order valence-corrected chi connectivity index (χ0v) is 10.7. The number of rotatable bonds is 3. The van der Waals surface area contributed by atoms with Crippen molar-refractivity contribution in [2.24, 2.45) is 0 Å². The molecule has 0 unspecified atom stereocenters. The van der Waals surface area contributed by atoms with E-state index < -0.39 is 28.1 Å². The average Bonchev–Trinajstić information content (AvgIpc) is 2.35. The molecule has 0 N–H and O–H groups in total. The van der Waals surface area contributed by atoms with Crippen molar-refractivity contribution in [1.29, 1.82) is 5.26 Å². The van der Waals surface area contributed by atoms with Gasteiger partial charge >= 0.3 is 11.5 Å². The third kappa shape index (κ3) is 3.79. The Bertz CT molecular complexity index is 537. The predicted molar refractivity (Wildman–Crippen MR) is 61.0 cm³/mol. The minimum Gasteiger partial charge on any atom is -0.495 e. The van der Waals surface area contributed by atoms with E-state index in [9.17, 15) is 18.0 Å². The highest BCUT2D eigenvalue weighted by atomic mass is 32.2. The zero-order valence-electron chi connectivity index (χ0n) is 9.87. The second-order valence-corrected chi connectivity index (χ2v) is 4.31. The molecule has 0 bridgehead atoms. The maximum atomic E-state index is 12.4. The van der Waals surface area contributed by atoms with Crippen LogP contribution in [0.1, 0.15) is 15.9 Å².